The Kier molecular flexibility index (Phi) is 13.1. The van der Waals surface area contributed by atoms with Crippen molar-refractivity contribution in [1.82, 2.24) is 42.5 Å². The summed E-state index contributed by atoms with van der Waals surface area (Å²) >= 11 is 5.93. The molecule has 2 aliphatic heterocycles. The van der Waals surface area contributed by atoms with Crippen LogP contribution in [0.2, 0.25) is 5.02 Å². The molecule has 4 rings (SSSR count). The van der Waals surface area contributed by atoms with E-state index in [4.69, 9.17) is 33.2 Å². The van der Waals surface area contributed by atoms with Crippen LogP contribution in [0.4, 0.5) is 10.5 Å². The summed E-state index contributed by atoms with van der Waals surface area (Å²) in [5.74, 6) is -3.50. The Morgan fingerprint density at radius 2 is 1.71 bits per heavy atom. The first kappa shape index (κ1) is 37.9. The zero-order chi connectivity index (χ0) is 37.1. The number of halogens is 1. The number of hydrogen-bond acceptors (Lipinski definition) is 10. The molecule has 0 radical (unpaired) electrons. The van der Waals surface area contributed by atoms with Gasteiger partial charge in [-0.15, -0.1) is 0 Å². The highest BCUT2D eigenvalue weighted by molar-refractivity contribution is 6.30. The van der Waals surface area contributed by atoms with Gasteiger partial charge < -0.3 is 64.1 Å². The summed E-state index contributed by atoms with van der Waals surface area (Å²) in [7, 11) is 0. The average molecular weight is 727 g/mol. The number of carbonyl (C=O) groups is 6. The molecule has 0 aromatic heterocycles. The van der Waals surface area contributed by atoms with Crippen molar-refractivity contribution in [3.63, 3.8) is 0 Å². The summed E-state index contributed by atoms with van der Waals surface area (Å²) in [4.78, 5) is 78.7. The number of rotatable bonds is 6. The van der Waals surface area contributed by atoms with Crippen LogP contribution in [0.1, 0.15) is 13.3 Å². The predicted molar refractivity (Wildman–Crippen MR) is 185 cm³/mol. The van der Waals surface area contributed by atoms with Gasteiger partial charge in [-0.3, -0.25) is 29.4 Å². The minimum atomic E-state index is -1.39. The summed E-state index contributed by atoms with van der Waals surface area (Å²) < 4.78 is 5.79. The number of anilines is 1. The molecule has 20 heteroatoms. The summed E-state index contributed by atoms with van der Waals surface area (Å²) in [5.41, 5.74) is 11.5. The van der Waals surface area contributed by atoms with Gasteiger partial charge in [0.2, 0.25) is 23.6 Å². The number of urea groups is 1. The number of hydrogen-bond donors (Lipinski definition) is 12. The number of nitrogens with two attached hydrogens (primary N) is 2. The molecular weight excluding hydrogens is 688 g/mol. The van der Waals surface area contributed by atoms with Crippen LogP contribution < -0.4 is 64.1 Å². The van der Waals surface area contributed by atoms with Gasteiger partial charge in [-0.05, 0) is 49.7 Å². The van der Waals surface area contributed by atoms with E-state index in [0.29, 0.717) is 28.8 Å². The molecule has 0 aliphatic carbocycles. The van der Waals surface area contributed by atoms with Crippen molar-refractivity contribution >= 4 is 58.8 Å². The van der Waals surface area contributed by atoms with Crippen molar-refractivity contribution in [2.24, 2.45) is 11.5 Å². The number of benzene rings is 2. The summed E-state index contributed by atoms with van der Waals surface area (Å²) in [6.45, 7) is 0.857. The number of guanidine groups is 1. The van der Waals surface area contributed by atoms with Crippen LogP contribution in [-0.4, -0.2) is 91.4 Å². The molecule has 0 bridgehead atoms. The Morgan fingerprint density at radius 1 is 0.961 bits per heavy atom. The second-order valence-electron chi connectivity index (χ2n) is 11.4. The molecule has 272 valence electrons. The largest absolute Gasteiger partial charge is 0.457 e. The molecule has 2 aliphatic rings. The van der Waals surface area contributed by atoms with Gasteiger partial charge in [0.1, 0.15) is 41.4 Å². The average Bonchev–Trinajstić information content (AvgIpc) is 3.10. The Balaban J connectivity index is 1.58. The maximum atomic E-state index is 13.7. The number of ether oxygens (including phenoxy) is 1. The maximum absolute atomic E-state index is 13.7. The van der Waals surface area contributed by atoms with Crippen molar-refractivity contribution in [1.29, 1.82) is 5.41 Å². The fraction of sp³-hybridized carbons (Fsp3) is 0.323. The normalized spacial score (nSPS) is 24.4. The van der Waals surface area contributed by atoms with E-state index < -0.39 is 78.0 Å². The van der Waals surface area contributed by atoms with E-state index >= 15 is 0 Å². The number of nitrogens with one attached hydrogen (secondary N) is 10. The summed E-state index contributed by atoms with van der Waals surface area (Å²) in [6.07, 6.45) is 1.17. The van der Waals surface area contributed by atoms with Gasteiger partial charge >= 0.3 is 6.03 Å². The Morgan fingerprint density at radius 3 is 2.41 bits per heavy atom. The number of amides is 7. The molecule has 14 N–H and O–H groups in total. The molecule has 2 fully saturated rings. The minimum absolute atomic E-state index is 0.0999. The second-order valence-corrected chi connectivity index (χ2v) is 11.8. The van der Waals surface area contributed by atoms with Crippen LogP contribution in [0.5, 0.6) is 11.5 Å². The van der Waals surface area contributed by atoms with E-state index in [0.717, 1.165) is 6.20 Å². The highest BCUT2D eigenvalue weighted by Crippen LogP contribution is 2.25. The molecule has 7 amide bonds. The molecule has 2 heterocycles. The van der Waals surface area contributed by atoms with Crippen molar-refractivity contribution in [2.45, 2.75) is 43.6 Å². The highest BCUT2D eigenvalue weighted by Gasteiger charge is 2.35. The van der Waals surface area contributed by atoms with Gasteiger partial charge in [-0.2, -0.15) is 0 Å². The summed E-state index contributed by atoms with van der Waals surface area (Å²) in [6, 6.07) is 6.24. The van der Waals surface area contributed by atoms with Crippen LogP contribution in [0, 0.1) is 5.41 Å². The molecule has 2 saturated heterocycles. The quantitative estimate of drug-likeness (QED) is 0.144. The maximum Gasteiger partial charge on any atom is 0.323 e. The number of carbonyl (C=O) groups excluding carboxylic acids is 6. The summed E-state index contributed by atoms with van der Waals surface area (Å²) in [5, 5.41) is 31.1. The van der Waals surface area contributed by atoms with Crippen LogP contribution in [0.25, 0.3) is 0 Å². The second kappa shape index (κ2) is 17.7. The molecule has 2 aromatic rings. The third kappa shape index (κ3) is 11.0. The lowest BCUT2D eigenvalue weighted by Gasteiger charge is -2.33. The smallest absolute Gasteiger partial charge is 0.323 e. The van der Waals surface area contributed by atoms with Crippen LogP contribution in [-0.2, 0) is 24.0 Å². The van der Waals surface area contributed by atoms with Gasteiger partial charge in [-0.25, -0.2) is 4.79 Å². The van der Waals surface area contributed by atoms with E-state index in [9.17, 15) is 28.8 Å². The molecule has 5 atom stereocenters. The van der Waals surface area contributed by atoms with Gasteiger partial charge in [0, 0.05) is 42.6 Å². The lowest BCUT2D eigenvalue weighted by atomic mass is 10.0. The molecule has 0 spiro atoms. The first-order chi connectivity index (χ1) is 24.3. The van der Waals surface area contributed by atoms with E-state index in [1.165, 1.54) is 6.92 Å². The fourth-order valence-corrected chi connectivity index (χ4v) is 4.89. The van der Waals surface area contributed by atoms with Gasteiger partial charge in [0.15, 0.2) is 5.96 Å². The standard InChI is InChI=1S/C31H39ClN12O7/c1-15-25(45)41-22(12-33)27(47)42-23(14-38-31(50)40-17-3-2-4-19(11-17)51-18-7-5-16(32)6-8-18)28(48)44-24(21-9-10-36-30(35)43-21)29(49)37-13-20(34)26(46)39-15/h2-8,11,14-15,20-22,24H,9-10,12-13,33-34H2,1H3,(H,37,49)(H,39,46)(H,41,45)(H,42,47)(H,44,48)(H3,35,36,43)(H2,38,40,50)/b23-14-/t15-,20-,21?,22-,24-/m0/s1. The SMILES string of the molecule is C[C@@H]1NC(=O)[C@@H](N)CNC(=O)[C@H](C2CCNC(=N)N2)NC(=O)/C(=C/NC(=O)Nc2cccc(Oc3ccc(Cl)cc3)c2)NC(=O)[C@H](CN)NC1=O. The molecule has 51 heavy (non-hydrogen) atoms. The van der Waals surface area contributed by atoms with E-state index in [1.54, 1.807) is 48.5 Å². The van der Waals surface area contributed by atoms with E-state index in [-0.39, 0.29) is 18.9 Å². The van der Waals surface area contributed by atoms with Gasteiger partial charge in [0.25, 0.3) is 5.91 Å². The predicted octanol–water partition coefficient (Wildman–Crippen LogP) is -2.01. The zero-order valence-electron chi connectivity index (χ0n) is 27.3. The molecular formula is C31H39ClN12O7. The van der Waals surface area contributed by atoms with Gasteiger partial charge in [-0.1, -0.05) is 17.7 Å². The van der Waals surface area contributed by atoms with E-state index in [2.05, 4.69) is 47.9 Å². The lowest BCUT2D eigenvalue weighted by molar-refractivity contribution is -0.132. The van der Waals surface area contributed by atoms with Crippen LogP contribution in [0.3, 0.4) is 0 Å². The highest BCUT2D eigenvalue weighted by atomic mass is 35.5. The lowest BCUT2D eigenvalue weighted by Crippen LogP contribution is -2.64. The van der Waals surface area contributed by atoms with Gasteiger partial charge in [0.05, 0.1) is 6.04 Å². The van der Waals surface area contributed by atoms with Crippen LogP contribution in [0.15, 0.2) is 60.4 Å². The van der Waals surface area contributed by atoms with E-state index in [1.807, 2.05) is 0 Å². The Hall–Kier alpha value is -5.92. The third-order valence-corrected chi connectivity index (χ3v) is 7.76. The third-order valence-electron chi connectivity index (χ3n) is 7.50. The monoisotopic (exact) mass is 726 g/mol. The first-order valence-corrected chi connectivity index (χ1v) is 16.1. The van der Waals surface area contributed by atoms with Crippen molar-refractivity contribution in [2.75, 3.05) is 25.0 Å². The van der Waals surface area contributed by atoms with Crippen molar-refractivity contribution in [3.8, 4) is 11.5 Å². The molecule has 0 saturated carbocycles. The minimum Gasteiger partial charge on any atom is -0.457 e. The fourth-order valence-electron chi connectivity index (χ4n) is 4.77. The molecule has 2 aromatic carbocycles. The zero-order valence-corrected chi connectivity index (χ0v) is 28.1. The molecule has 19 nitrogen and oxygen atoms in total. The Labute approximate surface area is 296 Å². The first-order valence-electron chi connectivity index (χ1n) is 15.7. The van der Waals surface area contributed by atoms with Crippen LogP contribution >= 0.6 is 11.6 Å². The molecule has 1 unspecified atom stereocenters. The Bertz CT molecular complexity index is 1690. The van der Waals surface area contributed by atoms with Crippen molar-refractivity contribution in [3.05, 3.63) is 65.5 Å². The topological polar surface area (TPSA) is 296 Å². The van der Waals surface area contributed by atoms with Crippen molar-refractivity contribution < 1.29 is 33.5 Å².